The van der Waals surface area contributed by atoms with Gasteiger partial charge in [-0.1, -0.05) is 12.8 Å². The first-order valence-corrected chi connectivity index (χ1v) is 9.25. The van der Waals surface area contributed by atoms with Crippen molar-refractivity contribution in [3.63, 3.8) is 0 Å². The molecule has 0 bridgehead atoms. The quantitative estimate of drug-likeness (QED) is 0.889. The van der Waals surface area contributed by atoms with Crippen molar-refractivity contribution in [3.8, 4) is 6.07 Å². The van der Waals surface area contributed by atoms with E-state index in [1.807, 2.05) is 6.07 Å². The Kier molecular flexibility index (Phi) is 5.74. The summed E-state index contributed by atoms with van der Waals surface area (Å²) >= 11 is 0. The number of halogens is 1. The molecule has 0 radical (unpaired) electrons. The molecule has 0 spiro atoms. The Hall–Kier alpha value is -1.49. The van der Waals surface area contributed by atoms with Gasteiger partial charge in [0.1, 0.15) is 5.82 Å². The van der Waals surface area contributed by atoms with Crippen molar-refractivity contribution in [1.82, 2.24) is 4.31 Å². The van der Waals surface area contributed by atoms with Gasteiger partial charge in [-0.3, -0.25) is 0 Å². The number of nitrogens with zero attached hydrogens (tertiary/aromatic N) is 2. The van der Waals surface area contributed by atoms with Gasteiger partial charge in [-0.15, -0.1) is 0 Å². The van der Waals surface area contributed by atoms with Gasteiger partial charge in [0.25, 0.3) is 0 Å². The Bertz CT molecular complexity index is 700. The van der Waals surface area contributed by atoms with Crippen molar-refractivity contribution in [2.75, 3.05) is 13.6 Å². The summed E-state index contributed by atoms with van der Waals surface area (Å²) in [6.07, 6.45) is 2.94. The fourth-order valence-electron chi connectivity index (χ4n) is 2.91. The zero-order valence-electron chi connectivity index (χ0n) is 13.1. The Morgan fingerprint density at radius 2 is 2.09 bits per heavy atom. The van der Waals surface area contributed by atoms with Gasteiger partial charge in [0.2, 0.25) is 10.0 Å². The predicted octanol–water partition coefficient (Wildman–Crippen LogP) is 2.01. The Morgan fingerprint density at radius 3 is 2.74 bits per heavy atom. The van der Waals surface area contributed by atoms with Gasteiger partial charge in [-0.25, -0.2) is 17.1 Å². The van der Waals surface area contributed by atoms with E-state index in [1.165, 1.54) is 23.5 Å². The highest BCUT2D eigenvalue weighted by Crippen LogP contribution is 2.26. The van der Waals surface area contributed by atoms with Crippen LogP contribution in [0, 0.1) is 23.1 Å². The predicted molar refractivity (Wildman–Crippen MR) is 84.3 cm³/mol. The maximum absolute atomic E-state index is 13.8. The van der Waals surface area contributed by atoms with Crippen LogP contribution < -0.4 is 0 Å². The first-order valence-electron chi connectivity index (χ1n) is 7.64. The third kappa shape index (κ3) is 4.50. The summed E-state index contributed by atoms with van der Waals surface area (Å²) in [4.78, 5) is 0. The molecule has 126 valence electrons. The monoisotopic (exact) mass is 340 g/mol. The van der Waals surface area contributed by atoms with E-state index in [0.29, 0.717) is 6.42 Å². The molecule has 0 amide bonds. The van der Waals surface area contributed by atoms with E-state index in [-0.39, 0.29) is 23.6 Å². The van der Waals surface area contributed by atoms with Gasteiger partial charge in [0.05, 0.1) is 23.5 Å². The lowest BCUT2D eigenvalue weighted by atomic mass is 9.86. The van der Waals surface area contributed by atoms with Crippen molar-refractivity contribution >= 4 is 10.0 Å². The summed E-state index contributed by atoms with van der Waals surface area (Å²) in [7, 11) is -2.26. The number of aliphatic hydroxyl groups excluding tert-OH is 1. The molecule has 0 saturated heterocycles. The smallest absolute Gasteiger partial charge is 0.218 e. The van der Waals surface area contributed by atoms with Crippen molar-refractivity contribution in [3.05, 3.63) is 35.1 Å². The topological polar surface area (TPSA) is 81.4 Å². The molecule has 2 atom stereocenters. The van der Waals surface area contributed by atoms with Crippen LogP contribution in [0.25, 0.3) is 0 Å². The average Bonchev–Trinajstić information content (AvgIpc) is 2.51. The standard InChI is InChI=1S/C16H21FN2O3S/c1-19(10-13-4-2-3-5-16(13)20)23(21,22)11-14-8-12(9-18)6-7-15(14)17/h6-8,13,16,20H,2-5,10-11H2,1H3. The molecule has 0 aliphatic heterocycles. The van der Waals surface area contributed by atoms with E-state index in [0.717, 1.165) is 25.3 Å². The fourth-order valence-corrected chi connectivity index (χ4v) is 4.16. The number of hydrogen-bond acceptors (Lipinski definition) is 4. The molecule has 7 heteroatoms. The van der Waals surface area contributed by atoms with Crippen LogP contribution in [0.4, 0.5) is 4.39 Å². The molecule has 1 aromatic carbocycles. The summed E-state index contributed by atoms with van der Waals surface area (Å²) < 4.78 is 39.8. The lowest BCUT2D eigenvalue weighted by Crippen LogP contribution is -2.38. The molecular weight excluding hydrogens is 319 g/mol. The summed E-state index contributed by atoms with van der Waals surface area (Å²) in [5, 5.41) is 18.8. The summed E-state index contributed by atoms with van der Waals surface area (Å²) in [5.41, 5.74) is 0.210. The zero-order valence-corrected chi connectivity index (χ0v) is 13.9. The molecule has 1 aromatic rings. The van der Waals surface area contributed by atoms with Crippen LogP contribution in [0.3, 0.4) is 0 Å². The van der Waals surface area contributed by atoms with E-state index in [4.69, 9.17) is 5.26 Å². The van der Waals surface area contributed by atoms with Crippen LogP contribution in [0.2, 0.25) is 0 Å². The molecule has 1 aliphatic rings. The second-order valence-electron chi connectivity index (χ2n) is 6.07. The molecule has 1 fully saturated rings. The van der Waals surface area contributed by atoms with Crippen LogP contribution in [0.5, 0.6) is 0 Å². The normalized spacial score (nSPS) is 22.0. The third-order valence-corrected chi connectivity index (χ3v) is 6.12. The SMILES string of the molecule is CN(CC1CCCCC1O)S(=O)(=O)Cc1cc(C#N)ccc1F. The van der Waals surface area contributed by atoms with Crippen LogP contribution in [0.15, 0.2) is 18.2 Å². The number of nitriles is 1. The first-order chi connectivity index (χ1) is 10.8. The molecular formula is C16H21FN2O3S. The molecule has 1 saturated carbocycles. The minimum Gasteiger partial charge on any atom is -0.393 e. The minimum atomic E-state index is -3.71. The third-order valence-electron chi connectivity index (χ3n) is 4.35. The van der Waals surface area contributed by atoms with Crippen molar-refractivity contribution in [2.24, 2.45) is 5.92 Å². The fraction of sp³-hybridized carbons (Fsp3) is 0.562. The molecule has 0 heterocycles. The van der Waals surface area contributed by atoms with Crippen molar-refractivity contribution in [2.45, 2.75) is 37.5 Å². The van der Waals surface area contributed by atoms with E-state index in [1.54, 1.807) is 0 Å². The molecule has 23 heavy (non-hydrogen) atoms. The number of sulfonamides is 1. The lowest BCUT2D eigenvalue weighted by molar-refractivity contribution is 0.0620. The number of aliphatic hydroxyl groups is 1. The molecule has 2 rings (SSSR count). The van der Waals surface area contributed by atoms with Crippen LogP contribution in [0.1, 0.15) is 36.8 Å². The van der Waals surface area contributed by atoms with Crippen LogP contribution >= 0.6 is 0 Å². The van der Waals surface area contributed by atoms with Gasteiger partial charge in [0, 0.05) is 19.2 Å². The number of benzene rings is 1. The van der Waals surface area contributed by atoms with Gasteiger partial charge in [-0.2, -0.15) is 5.26 Å². The second-order valence-corrected chi connectivity index (χ2v) is 8.14. The highest BCUT2D eigenvalue weighted by atomic mass is 32.2. The van der Waals surface area contributed by atoms with Gasteiger partial charge in [0.15, 0.2) is 0 Å². The summed E-state index contributed by atoms with van der Waals surface area (Å²) in [6, 6.07) is 5.55. The van der Waals surface area contributed by atoms with Crippen molar-refractivity contribution < 1.29 is 17.9 Å². The zero-order chi connectivity index (χ0) is 17.0. The second kappa shape index (κ2) is 7.39. The average molecular weight is 340 g/mol. The highest BCUT2D eigenvalue weighted by Gasteiger charge is 2.28. The van der Waals surface area contributed by atoms with Gasteiger partial charge in [-0.05, 0) is 37.0 Å². The maximum atomic E-state index is 13.8. The molecule has 1 N–H and O–H groups in total. The largest absolute Gasteiger partial charge is 0.393 e. The number of hydrogen-bond donors (Lipinski definition) is 1. The molecule has 0 aromatic heterocycles. The van der Waals surface area contributed by atoms with Gasteiger partial charge < -0.3 is 5.11 Å². The highest BCUT2D eigenvalue weighted by molar-refractivity contribution is 7.88. The lowest BCUT2D eigenvalue weighted by Gasteiger charge is -2.30. The maximum Gasteiger partial charge on any atom is 0.218 e. The molecule has 1 aliphatic carbocycles. The van der Waals surface area contributed by atoms with Crippen LogP contribution in [-0.4, -0.2) is 37.5 Å². The summed E-state index contributed by atoms with van der Waals surface area (Å²) in [5.74, 6) is -1.22. The Morgan fingerprint density at radius 1 is 1.39 bits per heavy atom. The van der Waals surface area contributed by atoms with E-state index < -0.39 is 27.7 Å². The first kappa shape index (κ1) is 17.9. The molecule has 2 unspecified atom stereocenters. The number of rotatable bonds is 5. The van der Waals surface area contributed by atoms with Gasteiger partial charge >= 0.3 is 0 Å². The van der Waals surface area contributed by atoms with E-state index in [2.05, 4.69) is 0 Å². The van der Waals surface area contributed by atoms with Crippen LogP contribution in [-0.2, 0) is 15.8 Å². The summed E-state index contributed by atoms with van der Waals surface area (Å²) in [6.45, 7) is 0.225. The molecule has 5 nitrogen and oxygen atoms in total. The van der Waals surface area contributed by atoms with Crippen molar-refractivity contribution in [1.29, 1.82) is 5.26 Å². The Balaban J connectivity index is 2.10. The minimum absolute atomic E-state index is 0.0138. The Labute approximate surface area is 136 Å². The van der Waals surface area contributed by atoms with E-state index in [9.17, 15) is 17.9 Å². The van der Waals surface area contributed by atoms with E-state index >= 15 is 0 Å².